The highest BCUT2D eigenvalue weighted by molar-refractivity contribution is 6.31. The molecule has 1 aliphatic rings. The number of ether oxygens (including phenoxy) is 1. The molecule has 1 atom stereocenters. The third-order valence-electron chi connectivity index (χ3n) is 4.43. The van der Waals surface area contributed by atoms with E-state index in [1.165, 1.54) is 0 Å². The van der Waals surface area contributed by atoms with Gasteiger partial charge in [0.05, 0.1) is 18.2 Å². The van der Waals surface area contributed by atoms with Crippen molar-refractivity contribution >= 4 is 29.3 Å². The van der Waals surface area contributed by atoms with Crippen molar-refractivity contribution in [3.63, 3.8) is 0 Å². The van der Waals surface area contributed by atoms with E-state index in [2.05, 4.69) is 5.32 Å². The fourth-order valence-electron chi connectivity index (χ4n) is 3.18. The van der Waals surface area contributed by atoms with Gasteiger partial charge >= 0.3 is 12.0 Å². The van der Waals surface area contributed by atoms with Gasteiger partial charge in [0.1, 0.15) is 0 Å². The molecule has 3 rings (SSSR count). The fraction of sp³-hybridized carbons (Fsp3) is 0.300. The van der Waals surface area contributed by atoms with Gasteiger partial charge in [0.2, 0.25) is 0 Å². The molecule has 2 aromatic rings. The molecule has 1 unspecified atom stereocenters. The van der Waals surface area contributed by atoms with E-state index in [0.29, 0.717) is 29.4 Å². The van der Waals surface area contributed by atoms with E-state index < -0.39 is 0 Å². The van der Waals surface area contributed by atoms with Gasteiger partial charge in [-0.05, 0) is 55.7 Å². The fourth-order valence-corrected chi connectivity index (χ4v) is 3.44. The van der Waals surface area contributed by atoms with Crippen LogP contribution in [0.15, 0.2) is 48.5 Å². The van der Waals surface area contributed by atoms with E-state index in [4.69, 9.17) is 16.3 Å². The second kappa shape index (κ2) is 8.23. The van der Waals surface area contributed by atoms with Crippen LogP contribution in [-0.4, -0.2) is 30.1 Å². The van der Waals surface area contributed by atoms with E-state index >= 15 is 0 Å². The number of anilines is 1. The molecule has 1 saturated heterocycles. The Hall–Kier alpha value is -2.53. The molecule has 5 nitrogen and oxygen atoms in total. The van der Waals surface area contributed by atoms with Crippen molar-refractivity contribution in [3.8, 4) is 0 Å². The Morgan fingerprint density at radius 2 is 1.92 bits per heavy atom. The molecular formula is C20H21ClN2O3. The second-order valence-electron chi connectivity index (χ2n) is 6.10. The normalized spacial score (nSPS) is 16.4. The van der Waals surface area contributed by atoms with Crippen molar-refractivity contribution < 1.29 is 14.3 Å². The maximum Gasteiger partial charge on any atom is 0.338 e. The van der Waals surface area contributed by atoms with Crippen molar-refractivity contribution in [1.29, 1.82) is 0 Å². The minimum Gasteiger partial charge on any atom is -0.462 e. The highest BCUT2D eigenvalue weighted by Crippen LogP contribution is 2.35. The first-order chi connectivity index (χ1) is 12.6. The molecule has 0 saturated carbocycles. The summed E-state index contributed by atoms with van der Waals surface area (Å²) in [5, 5.41) is 3.57. The van der Waals surface area contributed by atoms with E-state index in [0.717, 1.165) is 18.4 Å². The lowest BCUT2D eigenvalue weighted by Gasteiger charge is -2.26. The van der Waals surface area contributed by atoms with Gasteiger partial charge < -0.3 is 15.0 Å². The molecule has 0 aliphatic carbocycles. The van der Waals surface area contributed by atoms with Crippen LogP contribution < -0.4 is 5.32 Å². The molecule has 26 heavy (non-hydrogen) atoms. The van der Waals surface area contributed by atoms with Crippen LogP contribution in [0, 0.1) is 0 Å². The number of esters is 1. The molecule has 1 heterocycles. The summed E-state index contributed by atoms with van der Waals surface area (Å²) in [6.45, 7) is 2.77. The number of halogens is 1. The molecule has 0 spiro atoms. The van der Waals surface area contributed by atoms with Crippen LogP contribution in [0.5, 0.6) is 0 Å². The van der Waals surface area contributed by atoms with Crippen LogP contribution in [0.1, 0.15) is 41.7 Å². The predicted molar refractivity (Wildman–Crippen MR) is 102 cm³/mol. The Morgan fingerprint density at radius 3 is 2.62 bits per heavy atom. The Balaban J connectivity index is 1.69. The first-order valence-electron chi connectivity index (χ1n) is 8.69. The lowest BCUT2D eigenvalue weighted by Crippen LogP contribution is -2.34. The molecule has 0 aromatic heterocycles. The van der Waals surface area contributed by atoms with Crippen LogP contribution in [0.2, 0.25) is 5.02 Å². The maximum absolute atomic E-state index is 12.7. The van der Waals surface area contributed by atoms with Crippen LogP contribution >= 0.6 is 11.6 Å². The number of hydrogen-bond acceptors (Lipinski definition) is 3. The molecule has 2 aromatic carbocycles. The number of rotatable bonds is 4. The molecule has 136 valence electrons. The van der Waals surface area contributed by atoms with Crippen molar-refractivity contribution in [2.24, 2.45) is 0 Å². The monoisotopic (exact) mass is 372 g/mol. The molecule has 6 heteroatoms. The number of likely N-dealkylation sites (tertiary alicyclic amines) is 1. The first-order valence-corrected chi connectivity index (χ1v) is 9.07. The number of amides is 2. The Bertz CT molecular complexity index is 792. The third-order valence-corrected chi connectivity index (χ3v) is 4.77. The molecule has 0 bridgehead atoms. The quantitative estimate of drug-likeness (QED) is 0.777. The van der Waals surface area contributed by atoms with Crippen molar-refractivity contribution in [3.05, 3.63) is 64.7 Å². The summed E-state index contributed by atoms with van der Waals surface area (Å²) >= 11 is 6.31. The van der Waals surface area contributed by atoms with Gasteiger partial charge in [-0.3, -0.25) is 0 Å². The van der Waals surface area contributed by atoms with Gasteiger partial charge in [-0.2, -0.15) is 0 Å². The molecule has 2 amide bonds. The predicted octanol–water partition coefficient (Wildman–Crippen LogP) is 4.89. The van der Waals surface area contributed by atoms with Crippen LogP contribution in [0.25, 0.3) is 0 Å². The third kappa shape index (κ3) is 3.99. The SMILES string of the molecule is CCOC(=O)c1ccc(NC(=O)N2CCCC2c2ccccc2Cl)cc1. The Kier molecular flexibility index (Phi) is 5.78. The van der Waals surface area contributed by atoms with E-state index in [1.807, 2.05) is 24.3 Å². The van der Waals surface area contributed by atoms with Crippen LogP contribution in [-0.2, 0) is 4.74 Å². The highest BCUT2D eigenvalue weighted by atomic mass is 35.5. The number of hydrogen-bond donors (Lipinski definition) is 1. The first kappa shape index (κ1) is 18.3. The molecule has 0 radical (unpaired) electrons. The molecule has 1 aliphatic heterocycles. The van der Waals surface area contributed by atoms with E-state index in [1.54, 1.807) is 36.1 Å². The Morgan fingerprint density at radius 1 is 1.19 bits per heavy atom. The summed E-state index contributed by atoms with van der Waals surface area (Å²) < 4.78 is 4.96. The number of carbonyl (C=O) groups is 2. The van der Waals surface area contributed by atoms with Gasteiger partial charge in [0.15, 0.2) is 0 Å². The Labute approximate surface area is 157 Å². The van der Waals surface area contributed by atoms with Gasteiger partial charge in [-0.25, -0.2) is 9.59 Å². The molecule has 1 fully saturated rings. The largest absolute Gasteiger partial charge is 0.462 e. The minimum absolute atomic E-state index is 0.0255. The zero-order valence-electron chi connectivity index (χ0n) is 14.6. The lowest BCUT2D eigenvalue weighted by atomic mass is 10.0. The van der Waals surface area contributed by atoms with Crippen LogP contribution in [0.4, 0.5) is 10.5 Å². The van der Waals surface area contributed by atoms with Crippen molar-refractivity contribution in [2.75, 3.05) is 18.5 Å². The summed E-state index contributed by atoms with van der Waals surface area (Å²) in [6.07, 6.45) is 1.82. The van der Waals surface area contributed by atoms with E-state index in [-0.39, 0.29) is 18.0 Å². The van der Waals surface area contributed by atoms with E-state index in [9.17, 15) is 9.59 Å². The van der Waals surface area contributed by atoms with Crippen molar-refractivity contribution in [2.45, 2.75) is 25.8 Å². The molecular weight excluding hydrogens is 352 g/mol. The number of nitrogens with one attached hydrogen (secondary N) is 1. The zero-order chi connectivity index (χ0) is 18.5. The summed E-state index contributed by atoms with van der Waals surface area (Å²) in [6, 6.07) is 14.1. The van der Waals surface area contributed by atoms with Gasteiger partial charge in [-0.15, -0.1) is 0 Å². The molecule has 1 N–H and O–H groups in total. The van der Waals surface area contributed by atoms with Gasteiger partial charge in [-0.1, -0.05) is 29.8 Å². The average molecular weight is 373 g/mol. The number of nitrogens with zero attached hydrogens (tertiary/aromatic N) is 1. The summed E-state index contributed by atoms with van der Waals surface area (Å²) in [7, 11) is 0. The summed E-state index contributed by atoms with van der Waals surface area (Å²) in [5.74, 6) is -0.372. The number of urea groups is 1. The topological polar surface area (TPSA) is 58.6 Å². The zero-order valence-corrected chi connectivity index (χ0v) is 15.3. The average Bonchev–Trinajstić information content (AvgIpc) is 3.12. The number of benzene rings is 2. The van der Waals surface area contributed by atoms with Crippen LogP contribution in [0.3, 0.4) is 0 Å². The van der Waals surface area contributed by atoms with Gasteiger partial charge in [0.25, 0.3) is 0 Å². The summed E-state index contributed by atoms with van der Waals surface area (Å²) in [4.78, 5) is 26.2. The lowest BCUT2D eigenvalue weighted by molar-refractivity contribution is 0.0526. The second-order valence-corrected chi connectivity index (χ2v) is 6.51. The maximum atomic E-state index is 12.7. The smallest absolute Gasteiger partial charge is 0.338 e. The standard InChI is InChI=1S/C20H21ClN2O3/c1-2-26-19(24)14-9-11-15(12-10-14)22-20(25)23-13-5-8-18(23)16-6-3-4-7-17(16)21/h3-4,6-7,9-12,18H,2,5,8,13H2,1H3,(H,22,25). The summed E-state index contributed by atoms with van der Waals surface area (Å²) in [5.41, 5.74) is 2.06. The minimum atomic E-state index is -0.372. The van der Waals surface area contributed by atoms with Crippen molar-refractivity contribution in [1.82, 2.24) is 4.90 Å². The highest BCUT2D eigenvalue weighted by Gasteiger charge is 2.31. The number of carbonyl (C=O) groups excluding carboxylic acids is 2. The van der Waals surface area contributed by atoms with Gasteiger partial charge in [0, 0.05) is 17.3 Å².